The van der Waals surface area contributed by atoms with Gasteiger partial charge in [-0.2, -0.15) is 0 Å². The average molecular weight is 269 g/mol. The van der Waals surface area contributed by atoms with Gasteiger partial charge in [0.05, 0.1) is 12.2 Å². The normalized spacial score (nSPS) is 11.3. The van der Waals surface area contributed by atoms with E-state index in [2.05, 4.69) is 10.3 Å². The molecule has 4 heteroatoms. The first kappa shape index (κ1) is 14.2. The van der Waals surface area contributed by atoms with Crippen LogP contribution in [0.1, 0.15) is 5.69 Å². The second kappa shape index (κ2) is 6.82. The number of nitrogens with zero attached hydrogens (tertiary/aromatic N) is 2. The zero-order valence-corrected chi connectivity index (χ0v) is 11.8. The Labute approximate surface area is 119 Å². The first-order chi connectivity index (χ1) is 9.66. The number of carbonyl (C=O) groups is 1. The van der Waals surface area contributed by atoms with Gasteiger partial charge < -0.3 is 10.2 Å². The fourth-order valence-electron chi connectivity index (χ4n) is 1.92. The Morgan fingerprint density at radius 1 is 1.30 bits per heavy atom. The van der Waals surface area contributed by atoms with Crippen molar-refractivity contribution < 1.29 is 4.79 Å². The number of fused-ring (bicyclic) bond motifs is 1. The Morgan fingerprint density at radius 2 is 2.10 bits per heavy atom. The molecule has 1 heterocycles. The zero-order valence-electron chi connectivity index (χ0n) is 11.8. The van der Waals surface area contributed by atoms with E-state index >= 15 is 0 Å². The number of rotatable bonds is 5. The summed E-state index contributed by atoms with van der Waals surface area (Å²) in [6.45, 7) is 1.19. The molecule has 104 valence electrons. The summed E-state index contributed by atoms with van der Waals surface area (Å²) in [5.74, 6) is -0.0958. The summed E-state index contributed by atoms with van der Waals surface area (Å²) < 4.78 is 0. The van der Waals surface area contributed by atoms with Crippen molar-refractivity contribution in [1.82, 2.24) is 15.2 Å². The van der Waals surface area contributed by atoms with Crippen LogP contribution in [0.4, 0.5) is 0 Å². The predicted molar refractivity (Wildman–Crippen MR) is 81.3 cm³/mol. The van der Waals surface area contributed by atoms with Crippen LogP contribution in [0.25, 0.3) is 10.8 Å². The van der Waals surface area contributed by atoms with E-state index in [1.165, 1.54) is 0 Å². The summed E-state index contributed by atoms with van der Waals surface area (Å²) in [6, 6.07) is 10.0. The highest BCUT2D eigenvalue weighted by Gasteiger charge is 2.02. The third-order valence-corrected chi connectivity index (χ3v) is 2.93. The summed E-state index contributed by atoms with van der Waals surface area (Å²) in [6.07, 6.45) is 5.17. The fraction of sp³-hybridized carbons (Fsp3) is 0.250. The summed E-state index contributed by atoms with van der Waals surface area (Å²) >= 11 is 0. The number of pyridine rings is 1. The lowest BCUT2D eigenvalue weighted by Crippen LogP contribution is -2.21. The molecule has 0 unspecified atom stereocenters. The molecule has 0 saturated heterocycles. The molecule has 1 aromatic carbocycles. The molecule has 0 saturated carbocycles. The molecule has 0 aliphatic rings. The second-order valence-electron chi connectivity index (χ2n) is 4.86. The minimum absolute atomic E-state index is 0.0958. The Bertz CT molecular complexity index is 615. The average Bonchev–Trinajstić information content (AvgIpc) is 2.44. The van der Waals surface area contributed by atoms with E-state index in [1.54, 1.807) is 12.3 Å². The lowest BCUT2D eigenvalue weighted by molar-refractivity contribution is -0.116. The van der Waals surface area contributed by atoms with Gasteiger partial charge in [-0.05, 0) is 25.5 Å². The van der Waals surface area contributed by atoms with E-state index in [0.29, 0.717) is 6.54 Å². The van der Waals surface area contributed by atoms with Crippen LogP contribution in [-0.4, -0.2) is 36.4 Å². The van der Waals surface area contributed by atoms with Crippen molar-refractivity contribution in [2.45, 2.75) is 6.54 Å². The van der Waals surface area contributed by atoms with Crippen LogP contribution in [0, 0.1) is 0 Å². The highest BCUT2D eigenvalue weighted by atomic mass is 16.1. The lowest BCUT2D eigenvalue weighted by Gasteiger charge is -2.06. The molecule has 2 aromatic rings. The van der Waals surface area contributed by atoms with Crippen molar-refractivity contribution in [3.8, 4) is 0 Å². The summed E-state index contributed by atoms with van der Waals surface area (Å²) in [5, 5.41) is 5.07. The van der Waals surface area contributed by atoms with E-state index in [-0.39, 0.29) is 5.91 Å². The van der Waals surface area contributed by atoms with Crippen molar-refractivity contribution >= 4 is 16.7 Å². The molecule has 20 heavy (non-hydrogen) atoms. The number of hydrogen-bond donors (Lipinski definition) is 1. The van der Waals surface area contributed by atoms with E-state index in [1.807, 2.05) is 55.4 Å². The number of aromatic nitrogens is 1. The third-order valence-electron chi connectivity index (χ3n) is 2.93. The van der Waals surface area contributed by atoms with Crippen LogP contribution in [-0.2, 0) is 11.3 Å². The van der Waals surface area contributed by atoms with E-state index < -0.39 is 0 Å². The van der Waals surface area contributed by atoms with Gasteiger partial charge in [-0.3, -0.25) is 9.78 Å². The summed E-state index contributed by atoms with van der Waals surface area (Å²) in [4.78, 5) is 18.0. The van der Waals surface area contributed by atoms with Gasteiger partial charge in [0.2, 0.25) is 5.91 Å². The Hall–Kier alpha value is -2.20. The van der Waals surface area contributed by atoms with Gasteiger partial charge in [0.25, 0.3) is 0 Å². The number of likely N-dealkylation sites (N-methyl/N-ethyl adjacent to an activating group) is 1. The number of benzene rings is 1. The van der Waals surface area contributed by atoms with Crippen LogP contribution in [0.2, 0.25) is 0 Å². The molecule has 2 rings (SSSR count). The molecule has 0 aliphatic carbocycles. The number of amides is 1. The minimum Gasteiger partial charge on any atom is -0.347 e. The molecule has 0 bridgehead atoms. The molecule has 0 aliphatic heterocycles. The maximum Gasteiger partial charge on any atom is 0.244 e. The first-order valence-electron chi connectivity index (χ1n) is 6.58. The van der Waals surface area contributed by atoms with Gasteiger partial charge in [-0.15, -0.1) is 0 Å². The Morgan fingerprint density at radius 3 is 2.90 bits per heavy atom. The lowest BCUT2D eigenvalue weighted by atomic mass is 10.1. The third kappa shape index (κ3) is 3.90. The molecule has 0 atom stereocenters. The van der Waals surface area contributed by atoms with Crippen LogP contribution in [0.3, 0.4) is 0 Å². The van der Waals surface area contributed by atoms with E-state index in [4.69, 9.17) is 0 Å². The monoisotopic (exact) mass is 269 g/mol. The SMILES string of the molecule is CN(C)C/C=C/C(=O)NCc1nccc2ccccc12. The summed E-state index contributed by atoms with van der Waals surface area (Å²) in [7, 11) is 3.92. The quantitative estimate of drug-likeness (QED) is 0.844. The number of hydrogen-bond acceptors (Lipinski definition) is 3. The van der Waals surface area contributed by atoms with Crippen LogP contribution in [0.15, 0.2) is 48.7 Å². The molecule has 0 fully saturated rings. The smallest absolute Gasteiger partial charge is 0.244 e. The van der Waals surface area contributed by atoms with Gasteiger partial charge in [0, 0.05) is 24.2 Å². The van der Waals surface area contributed by atoms with Crippen molar-refractivity contribution in [3.63, 3.8) is 0 Å². The predicted octanol–water partition coefficient (Wildman–Crippen LogP) is 1.97. The highest BCUT2D eigenvalue weighted by molar-refractivity contribution is 5.88. The zero-order chi connectivity index (χ0) is 14.4. The van der Waals surface area contributed by atoms with Crippen molar-refractivity contribution in [1.29, 1.82) is 0 Å². The van der Waals surface area contributed by atoms with E-state index in [0.717, 1.165) is 23.0 Å². The molecular weight excluding hydrogens is 250 g/mol. The van der Waals surface area contributed by atoms with Crippen LogP contribution in [0.5, 0.6) is 0 Å². The topological polar surface area (TPSA) is 45.2 Å². The molecule has 0 spiro atoms. The molecule has 0 radical (unpaired) electrons. The maximum atomic E-state index is 11.7. The fourth-order valence-corrected chi connectivity index (χ4v) is 1.92. The maximum absolute atomic E-state index is 11.7. The standard InChI is InChI=1S/C16H19N3O/c1-19(2)11-5-8-16(20)18-12-15-14-7-4-3-6-13(14)9-10-17-15/h3-10H,11-12H2,1-2H3,(H,18,20)/b8-5+. The van der Waals surface area contributed by atoms with Crippen LogP contribution >= 0.6 is 0 Å². The van der Waals surface area contributed by atoms with Crippen molar-refractivity contribution in [2.24, 2.45) is 0 Å². The van der Waals surface area contributed by atoms with Crippen molar-refractivity contribution in [2.75, 3.05) is 20.6 Å². The first-order valence-corrected chi connectivity index (χ1v) is 6.58. The van der Waals surface area contributed by atoms with Gasteiger partial charge in [0.1, 0.15) is 0 Å². The van der Waals surface area contributed by atoms with Crippen molar-refractivity contribution in [3.05, 3.63) is 54.4 Å². The minimum atomic E-state index is -0.0958. The summed E-state index contributed by atoms with van der Waals surface area (Å²) in [5.41, 5.74) is 0.887. The molecule has 1 aromatic heterocycles. The number of carbonyl (C=O) groups excluding carboxylic acids is 1. The second-order valence-corrected chi connectivity index (χ2v) is 4.86. The number of nitrogens with one attached hydrogen (secondary N) is 1. The van der Waals surface area contributed by atoms with E-state index in [9.17, 15) is 4.79 Å². The Balaban J connectivity index is 1.99. The van der Waals surface area contributed by atoms with Gasteiger partial charge in [0.15, 0.2) is 0 Å². The van der Waals surface area contributed by atoms with Gasteiger partial charge in [-0.25, -0.2) is 0 Å². The molecule has 4 nitrogen and oxygen atoms in total. The van der Waals surface area contributed by atoms with Gasteiger partial charge >= 0.3 is 0 Å². The van der Waals surface area contributed by atoms with Crippen LogP contribution < -0.4 is 5.32 Å². The van der Waals surface area contributed by atoms with Gasteiger partial charge in [-0.1, -0.05) is 30.3 Å². The largest absolute Gasteiger partial charge is 0.347 e. The Kier molecular flexibility index (Phi) is 4.85. The molecular formula is C16H19N3O. The molecule has 1 amide bonds. The molecule has 1 N–H and O–H groups in total. The highest BCUT2D eigenvalue weighted by Crippen LogP contribution is 2.15.